The van der Waals surface area contributed by atoms with Crippen molar-refractivity contribution in [1.29, 1.82) is 0 Å². The highest BCUT2D eigenvalue weighted by atomic mass is 16.3. The predicted molar refractivity (Wildman–Crippen MR) is 69.4 cm³/mol. The summed E-state index contributed by atoms with van der Waals surface area (Å²) in [7, 11) is 3.49. The summed E-state index contributed by atoms with van der Waals surface area (Å²) in [6.45, 7) is 3.75. The summed E-state index contributed by atoms with van der Waals surface area (Å²) < 4.78 is 0. The molecule has 0 saturated heterocycles. The minimum Gasteiger partial charge on any atom is -0.394 e. The number of anilines is 1. The zero-order valence-corrected chi connectivity index (χ0v) is 10.8. The van der Waals surface area contributed by atoms with Crippen LogP contribution in [0.3, 0.4) is 0 Å². The van der Waals surface area contributed by atoms with Gasteiger partial charge in [-0.25, -0.2) is 0 Å². The van der Waals surface area contributed by atoms with E-state index in [2.05, 4.69) is 5.32 Å². The smallest absolute Gasteiger partial charge is 0.256 e. The lowest BCUT2D eigenvalue weighted by molar-refractivity contribution is 0.0683. The molecule has 17 heavy (non-hydrogen) atoms. The van der Waals surface area contributed by atoms with Gasteiger partial charge in [-0.1, -0.05) is 6.07 Å². The van der Waals surface area contributed by atoms with Crippen LogP contribution in [0.15, 0.2) is 18.2 Å². The normalized spacial score (nSPS) is 12.1. The van der Waals surface area contributed by atoms with Gasteiger partial charge < -0.3 is 15.3 Å². The van der Waals surface area contributed by atoms with Crippen LogP contribution in [0.2, 0.25) is 0 Å². The van der Waals surface area contributed by atoms with Crippen LogP contribution < -0.4 is 5.32 Å². The van der Waals surface area contributed by atoms with E-state index >= 15 is 0 Å². The molecule has 2 N–H and O–H groups in total. The molecule has 0 saturated carbocycles. The molecule has 94 valence electrons. The Morgan fingerprint density at radius 1 is 1.53 bits per heavy atom. The van der Waals surface area contributed by atoms with Crippen molar-refractivity contribution in [3.63, 3.8) is 0 Å². The maximum atomic E-state index is 12.2. The van der Waals surface area contributed by atoms with Gasteiger partial charge in [0.05, 0.1) is 18.2 Å². The summed E-state index contributed by atoms with van der Waals surface area (Å²) in [4.78, 5) is 13.8. The van der Waals surface area contributed by atoms with Crippen LogP contribution in [0.4, 0.5) is 5.69 Å². The van der Waals surface area contributed by atoms with Crippen LogP contribution in [0.25, 0.3) is 0 Å². The molecule has 0 heterocycles. The first kappa shape index (κ1) is 13.5. The summed E-state index contributed by atoms with van der Waals surface area (Å²) >= 11 is 0. The second-order valence-electron chi connectivity index (χ2n) is 4.25. The highest BCUT2D eigenvalue weighted by molar-refractivity contribution is 5.99. The van der Waals surface area contributed by atoms with Crippen molar-refractivity contribution >= 4 is 11.6 Å². The van der Waals surface area contributed by atoms with Crippen LogP contribution in [-0.2, 0) is 0 Å². The molecule has 0 aliphatic rings. The first-order valence-corrected chi connectivity index (χ1v) is 5.67. The second kappa shape index (κ2) is 5.68. The van der Waals surface area contributed by atoms with E-state index in [0.29, 0.717) is 5.56 Å². The fraction of sp³-hybridized carbons (Fsp3) is 0.462. The van der Waals surface area contributed by atoms with E-state index in [1.807, 2.05) is 32.0 Å². The minimum atomic E-state index is -0.187. The van der Waals surface area contributed by atoms with Gasteiger partial charge in [-0.15, -0.1) is 0 Å². The van der Waals surface area contributed by atoms with Crippen molar-refractivity contribution in [3.05, 3.63) is 29.3 Å². The molecule has 0 aromatic heterocycles. The Bertz CT molecular complexity index is 404. The van der Waals surface area contributed by atoms with Gasteiger partial charge in [-0.3, -0.25) is 4.79 Å². The van der Waals surface area contributed by atoms with Crippen LogP contribution >= 0.6 is 0 Å². The van der Waals surface area contributed by atoms with Crippen LogP contribution in [-0.4, -0.2) is 42.7 Å². The number of amides is 1. The Balaban J connectivity index is 3.03. The van der Waals surface area contributed by atoms with E-state index < -0.39 is 0 Å². The Kier molecular flexibility index (Phi) is 4.52. The third kappa shape index (κ3) is 2.97. The molecule has 4 nitrogen and oxygen atoms in total. The van der Waals surface area contributed by atoms with Crippen LogP contribution in [0, 0.1) is 6.92 Å². The van der Waals surface area contributed by atoms with E-state index in [9.17, 15) is 4.79 Å². The number of carbonyl (C=O) groups excluding carboxylic acids is 1. The number of hydrogen-bond donors (Lipinski definition) is 2. The number of rotatable bonds is 4. The fourth-order valence-electron chi connectivity index (χ4n) is 1.56. The monoisotopic (exact) mass is 236 g/mol. The van der Waals surface area contributed by atoms with Gasteiger partial charge in [-0.2, -0.15) is 0 Å². The Morgan fingerprint density at radius 2 is 2.18 bits per heavy atom. The summed E-state index contributed by atoms with van der Waals surface area (Å²) in [5.74, 6) is -0.0871. The van der Waals surface area contributed by atoms with E-state index in [4.69, 9.17) is 5.11 Å². The number of benzene rings is 1. The third-order valence-electron chi connectivity index (χ3n) is 2.92. The largest absolute Gasteiger partial charge is 0.394 e. The molecule has 1 aromatic rings. The molecule has 0 spiro atoms. The first-order valence-electron chi connectivity index (χ1n) is 5.67. The maximum absolute atomic E-state index is 12.2. The number of hydrogen-bond acceptors (Lipinski definition) is 3. The maximum Gasteiger partial charge on any atom is 0.256 e. The molecule has 0 aliphatic carbocycles. The molecule has 1 rings (SSSR count). The van der Waals surface area contributed by atoms with Crippen molar-refractivity contribution in [2.45, 2.75) is 19.9 Å². The molecular formula is C13H20N2O2. The predicted octanol–water partition coefficient (Wildman–Crippen LogP) is 1.49. The molecule has 1 unspecified atom stereocenters. The summed E-state index contributed by atoms with van der Waals surface area (Å²) in [6, 6.07) is 5.47. The molecule has 1 atom stereocenters. The zero-order valence-electron chi connectivity index (χ0n) is 10.8. The van der Waals surface area contributed by atoms with Gasteiger partial charge in [0, 0.05) is 19.8 Å². The van der Waals surface area contributed by atoms with Crippen molar-refractivity contribution in [3.8, 4) is 0 Å². The second-order valence-corrected chi connectivity index (χ2v) is 4.25. The lowest BCUT2D eigenvalue weighted by Gasteiger charge is -2.24. The van der Waals surface area contributed by atoms with Crippen molar-refractivity contribution in [2.24, 2.45) is 0 Å². The van der Waals surface area contributed by atoms with Crippen molar-refractivity contribution < 1.29 is 9.90 Å². The summed E-state index contributed by atoms with van der Waals surface area (Å²) in [5, 5.41) is 12.1. The molecule has 4 heteroatoms. The number of likely N-dealkylation sites (N-methyl/N-ethyl adjacent to an activating group) is 1. The fourth-order valence-corrected chi connectivity index (χ4v) is 1.56. The number of carbonyl (C=O) groups is 1. The highest BCUT2D eigenvalue weighted by Crippen LogP contribution is 2.19. The van der Waals surface area contributed by atoms with E-state index in [1.54, 1.807) is 19.0 Å². The number of aryl methyl sites for hydroxylation is 1. The van der Waals surface area contributed by atoms with E-state index in [-0.39, 0.29) is 18.6 Å². The van der Waals surface area contributed by atoms with Crippen LogP contribution in [0.5, 0.6) is 0 Å². The standard InChI is InChI=1S/C13H20N2O2/c1-9-5-6-11(12(7-9)14-3)13(17)15(4)10(2)8-16/h5-7,10,14,16H,8H2,1-4H3. The topological polar surface area (TPSA) is 52.6 Å². The molecule has 1 amide bonds. The third-order valence-corrected chi connectivity index (χ3v) is 2.92. The molecule has 0 aliphatic heterocycles. The average Bonchev–Trinajstić information content (AvgIpc) is 2.35. The quantitative estimate of drug-likeness (QED) is 0.832. The Hall–Kier alpha value is -1.55. The minimum absolute atomic E-state index is 0.0387. The number of aliphatic hydroxyl groups excluding tert-OH is 1. The summed E-state index contributed by atoms with van der Waals surface area (Å²) in [6.07, 6.45) is 0. The van der Waals surface area contributed by atoms with Gasteiger partial charge in [0.1, 0.15) is 0 Å². The van der Waals surface area contributed by atoms with Gasteiger partial charge >= 0.3 is 0 Å². The van der Waals surface area contributed by atoms with Crippen molar-refractivity contribution in [2.75, 3.05) is 26.0 Å². The number of nitrogens with zero attached hydrogens (tertiary/aromatic N) is 1. The zero-order chi connectivity index (χ0) is 13.0. The molecule has 0 bridgehead atoms. The highest BCUT2D eigenvalue weighted by Gasteiger charge is 2.19. The Morgan fingerprint density at radius 3 is 2.71 bits per heavy atom. The lowest BCUT2D eigenvalue weighted by atomic mass is 10.1. The van der Waals surface area contributed by atoms with Gasteiger partial charge in [-0.05, 0) is 31.5 Å². The molecule has 0 fully saturated rings. The van der Waals surface area contributed by atoms with Gasteiger partial charge in [0.25, 0.3) is 5.91 Å². The van der Waals surface area contributed by atoms with Crippen molar-refractivity contribution in [1.82, 2.24) is 4.90 Å². The summed E-state index contributed by atoms with van der Waals surface area (Å²) in [5.41, 5.74) is 2.54. The SMILES string of the molecule is CNc1cc(C)ccc1C(=O)N(C)C(C)CO. The average molecular weight is 236 g/mol. The van der Waals surface area contributed by atoms with E-state index in [0.717, 1.165) is 11.3 Å². The lowest BCUT2D eigenvalue weighted by Crippen LogP contribution is -2.37. The first-order chi connectivity index (χ1) is 8.01. The van der Waals surface area contributed by atoms with Gasteiger partial charge in [0.2, 0.25) is 0 Å². The molecule has 1 aromatic carbocycles. The molecular weight excluding hydrogens is 216 g/mol. The number of aliphatic hydroxyl groups is 1. The van der Waals surface area contributed by atoms with Crippen LogP contribution in [0.1, 0.15) is 22.8 Å². The Labute approximate surface area is 102 Å². The van der Waals surface area contributed by atoms with E-state index in [1.165, 1.54) is 0 Å². The molecule has 0 radical (unpaired) electrons. The van der Waals surface area contributed by atoms with Gasteiger partial charge in [0.15, 0.2) is 0 Å². The number of nitrogens with one attached hydrogen (secondary N) is 1.